The van der Waals surface area contributed by atoms with Crippen molar-refractivity contribution in [3.05, 3.63) is 71.2 Å². The molecule has 0 radical (unpaired) electrons. The van der Waals surface area contributed by atoms with Gasteiger partial charge in [0, 0.05) is 18.5 Å². The molecular formula is C23H21BrN4O4S. The number of hydrazine groups is 1. The molecule has 0 aliphatic heterocycles. The normalized spacial score (nSPS) is 10.2. The molecule has 33 heavy (non-hydrogen) atoms. The molecule has 0 saturated heterocycles. The Labute approximate surface area is 204 Å². The zero-order valence-corrected chi connectivity index (χ0v) is 19.8. The molecule has 0 heterocycles. The van der Waals surface area contributed by atoms with E-state index in [0.717, 1.165) is 15.2 Å². The van der Waals surface area contributed by atoms with Gasteiger partial charge >= 0.3 is 0 Å². The van der Waals surface area contributed by atoms with E-state index in [4.69, 9.17) is 17.0 Å². The highest BCUT2D eigenvalue weighted by atomic mass is 79.9. The molecule has 10 heteroatoms. The molecule has 0 bridgehead atoms. The van der Waals surface area contributed by atoms with Crippen molar-refractivity contribution in [1.29, 1.82) is 0 Å². The Morgan fingerprint density at radius 2 is 1.52 bits per heavy atom. The second-order valence-electron chi connectivity index (χ2n) is 6.85. The standard InChI is InChI=1S/C23H21BrN4O4S/c24-22-17-9-5-4-6-15(17)10-11-18(22)32-14-21(31)26-23(33)28-27-20(30)13-12-19(29)25-16-7-2-1-3-8-16/h1-11H,12-14H2,(H,25,29)(H,27,30)(H2,26,28,31,33). The summed E-state index contributed by atoms with van der Waals surface area (Å²) in [6, 6.07) is 20.4. The average molecular weight is 529 g/mol. The molecule has 0 unspecified atom stereocenters. The van der Waals surface area contributed by atoms with Crippen LogP contribution in [-0.2, 0) is 14.4 Å². The fourth-order valence-electron chi connectivity index (χ4n) is 2.82. The largest absolute Gasteiger partial charge is 0.483 e. The van der Waals surface area contributed by atoms with Crippen LogP contribution in [0.5, 0.6) is 5.75 Å². The second kappa shape index (κ2) is 11.9. The summed E-state index contributed by atoms with van der Waals surface area (Å²) in [4.78, 5) is 35.9. The van der Waals surface area contributed by atoms with Crippen molar-refractivity contribution in [2.75, 3.05) is 11.9 Å². The number of ether oxygens (including phenoxy) is 1. The summed E-state index contributed by atoms with van der Waals surface area (Å²) >= 11 is 8.49. The summed E-state index contributed by atoms with van der Waals surface area (Å²) in [6.07, 6.45) is -0.0582. The van der Waals surface area contributed by atoms with Crippen LogP contribution < -0.4 is 26.2 Å². The maximum atomic E-state index is 12.1. The van der Waals surface area contributed by atoms with Crippen molar-refractivity contribution in [3.63, 3.8) is 0 Å². The maximum Gasteiger partial charge on any atom is 0.264 e. The van der Waals surface area contributed by atoms with Crippen LogP contribution in [0.25, 0.3) is 10.8 Å². The van der Waals surface area contributed by atoms with E-state index in [9.17, 15) is 14.4 Å². The lowest BCUT2D eigenvalue weighted by Crippen LogP contribution is -2.49. The number of hydrogen-bond donors (Lipinski definition) is 4. The Balaban J connectivity index is 1.35. The molecule has 170 valence electrons. The number of rotatable bonds is 7. The van der Waals surface area contributed by atoms with Gasteiger partial charge in [-0.2, -0.15) is 0 Å². The minimum atomic E-state index is -0.496. The Morgan fingerprint density at radius 3 is 2.30 bits per heavy atom. The third-order valence-electron chi connectivity index (χ3n) is 4.39. The number of carbonyl (C=O) groups excluding carboxylic acids is 3. The fourth-order valence-corrected chi connectivity index (χ4v) is 3.60. The van der Waals surface area contributed by atoms with Crippen LogP contribution in [0.3, 0.4) is 0 Å². The maximum absolute atomic E-state index is 12.1. The molecule has 8 nitrogen and oxygen atoms in total. The Kier molecular flexibility index (Phi) is 8.73. The van der Waals surface area contributed by atoms with Crippen molar-refractivity contribution < 1.29 is 19.1 Å². The van der Waals surface area contributed by atoms with Gasteiger partial charge < -0.3 is 10.1 Å². The summed E-state index contributed by atoms with van der Waals surface area (Å²) < 4.78 is 6.32. The molecule has 0 aliphatic rings. The first-order valence-corrected chi connectivity index (χ1v) is 11.2. The number of anilines is 1. The van der Waals surface area contributed by atoms with Crippen molar-refractivity contribution in [2.24, 2.45) is 0 Å². The van der Waals surface area contributed by atoms with Gasteiger partial charge in [0.15, 0.2) is 11.7 Å². The zero-order chi connectivity index (χ0) is 23.6. The Morgan fingerprint density at radius 1 is 0.818 bits per heavy atom. The van der Waals surface area contributed by atoms with Gasteiger partial charge in [-0.05, 0) is 57.1 Å². The zero-order valence-electron chi connectivity index (χ0n) is 17.4. The van der Waals surface area contributed by atoms with E-state index < -0.39 is 11.8 Å². The van der Waals surface area contributed by atoms with Crippen molar-refractivity contribution in [2.45, 2.75) is 12.8 Å². The van der Waals surface area contributed by atoms with Crippen LogP contribution in [-0.4, -0.2) is 29.4 Å². The first-order chi connectivity index (χ1) is 15.9. The topological polar surface area (TPSA) is 109 Å². The molecule has 0 atom stereocenters. The van der Waals surface area contributed by atoms with Gasteiger partial charge in [-0.15, -0.1) is 0 Å². The Bertz CT molecular complexity index is 1170. The van der Waals surface area contributed by atoms with Crippen LogP contribution in [0.2, 0.25) is 0 Å². The third-order valence-corrected chi connectivity index (χ3v) is 5.41. The van der Waals surface area contributed by atoms with E-state index in [0.29, 0.717) is 11.4 Å². The van der Waals surface area contributed by atoms with Crippen LogP contribution in [0.4, 0.5) is 5.69 Å². The third kappa shape index (κ3) is 7.55. The Hall–Kier alpha value is -3.50. The number of fused-ring (bicyclic) bond motifs is 1. The number of benzene rings is 3. The summed E-state index contributed by atoms with van der Waals surface area (Å²) in [7, 11) is 0. The predicted octanol–water partition coefficient (Wildman–Crippen LogP) is 3.42. The SMILES string of the molecule is O=C(CCC(=O)Nc1ccccc1)NNC(=S)NC(=O)COc1ccc2ccccc2c1Br. The smallest absolute Gasteiger partial charge is 0.264 e. The van der Waals surface area contributed by atoms with E-state index in [1.165, 1.54) is 0 Å². The number of halogens is 1. The molecule has 0 fully saturated rings. The van der Waals surface area contributed by atoms with Crippen LogP contribution in [0.15, 0.2) is 71.2 Å². The van der Waals surface area contributed by atoms with Gasteiger partial charge in [0.05, 0.1) is 4.47 Å². The summed E-state index contributed by atoms with van der Waals surface area (Å²) in [6.45, 7) is -0.271. The van der Waals surface area contributed by atoms with Crippen molar-refractivity contribution in [3.8, 4) is 5.75 Å². The molecule has 0 aliphatic carbocycles. The summed E-state index contributed by atoms with van der Waals surface area (Å²) in [5.74, 6) is -0.718. The van der Waals surface area contributed by atoms with Crippen molar-refractivity contribution >= 4 is 67.4 Å². The number of thiocarbonyl (C=S) groups is 1. The highest BCUT2D eigenvalue weighted by molar-refractivity contribution is 9.10. The van der Waals surface area contributed by atoms with Crippen molar-refractivity contribution in [1.82, 2.24) is 16.2 Å². The lowest BCUT2D eigenvalue weighted by Gasteiger charge is -2.12. The molecule has 3 aromatic carbocycles. The average Bonchev–Trinajstić information content (AvgIpc) is 2.82. The quantitative estimate of drug-likeness (QED) is 0.276. The summed E-state index contributed by atoms with van der Waals surface area (Å²) in [5, 5.41) is 7.01. The van der Waals surface area contributed by atoms with Gasteiger partial charge in [-0.1, -0.05) is 48.5 Å². The monoisotopic (exact) mass is 528 g/mol. The van der Waals surface area contributed by atoms with Gasteiger partial charge in [-0.25, -0.2) is 0 Å². The number of para-hydroxylation sites is 1. The highest BCUT2D eigenvalue weighted by Crippen LogP contribution is 2.32. The van der Waals surface area contributed by atoms with E-state index in [2.05, 4.69) is 37.4 Å². The molecule has 3 aromatic rings. The number of nitrogens with one attached hydrogen (secondary N) is 4. The molecule has 4 N–H and O–H groups in total. The van der Waals surface area contributed by atoms with Crippen LogP contribution in [0, 0.1) is 0 Å². The molecular weight excluding hydrogens is 508 g/mol. The van der Waals surface area contributed by atoms with Crippen LogP contribution >= 0.6 is 28.1 Å². The molecule has 3 amide bonds. The van der Waals surface area contributed by atoms with E-state index in [1.54, 1.807) is 30.3 Å². The van der Waals surface area contributed by atoms with Gasteiger partial charge in [0.1, 0.15) is 5.75 Å². The highest BCUT2D eigenvalue weighted by Gasteiger charge is 2.11. The predicted molar refractivity (Wildman–Crippen MR) is 133 cm³/mol. The number of hydrogen-bond acceptors (Lipinski definition) is 5. The van der Waals surface area contributed by atoms with Gasteiger partial charge in [0.2, 0.25) is 11.8 Å². The van der Waals surface area contributed by atoms with E-state index in [1.807, 2.05) is 36.4 Å². The first kappa shape index (κ1) is 24.1. The molecule has 3 rings (SSSR count). The first-order valence-electron chi connectivity index (χ1n) is 9.96. The summed E-state index contributed by atoms with van der Waals surface area (Å²) in [5.41, 5.74) is 5.42. The number of carbonyl (C=O) groups is 3. The fraction of sp³-hybridized carbons (Fsp3) is 0.130. The minimum absolute atomic E-state index is 0.00396. The second-order valence-corrected chi connectivity index (χ2v) is 8.05. The molecule has 0 aromatic heterocycles. The number of amides is 3. The minimum Gasteiger partial charge on any atom is -0.483 e. The van der Waals surface area contributed by atoms with Crippen LogP contribution in [0.1, 0.15) is 12.8 Å². The van der Waals surface area contributed by atoms with E-state index >= 15 is 0 Å². The lowest BCUT2D eigenvalue weighted by molar-refractivity contribution is -0.125. The van der Waals surface area contributed by atoms with Gasteiger partial charge in [-0.3, -0.25) is 30.6 Å². The lowest BCUT2D eigenvalue weighted by atomic mass is 10.1. The van der Waals surface area contributed by atoms with Gasteiger partial charge in [0.25, 0.3) is 5.91 Å². The molecule has 0 spiro atoms. The van der Waals surface area contributed by atoms with E-state index in [-0.39, 0.29) is 30.5 Å². The molecule has 0 saturated carbocycles.